The molecule has 2 heterocycles. The molecular formula is C47H37N5. The lowest BCUT2D eigenvalue weighted by Gasteiger charge is -2.26. The van der Waals surface area contributed by atoms with Crippen molar-refractivity contribution in [1.29, 1.82) is 0 Å². The quantitative estimate of drug-likeness (QED) is 0.153. The minimum Gasteiger partial charge on any atom is -0.311 e. The number of anilines is 3. The summed E-state index contributed by atoms with van der Waals surface area (Å²) in [7, 11) is 0. The number of aryl methyl sites for hydroxylation is 1. The van der Waals surface area contributed by atoms with Crippen LogP contribution in [0.3, 0.4) is 0 Å². The molecule has 2 aromatic heterocycles. The Morgan fingerprint density at radius 1 is 0.423 bits per heavy atom. The van der Waals surface area contributed by atoms with Gasteiger partial charge in [0.25, 0.3) is 0 Å². The van der Waals surface area contributed by atoms with Crippen molar-refractivity contribution < 1.29 is 0 Å². The molecule has 0 saturated carbocycles. The highest BCUT2D eigenvalue weighted by Gasteiger charge is 2.19. The molecule has 250 valence electrons. The summed E-state index contributed by atoms with van der Waals surface area (Å²) in [5.41, 5.74) is 11.1. The van der Waals surface area contributed by atoms with E-state index in [9.17, 15) is 0 Å². The Labute approximate surface area is 303 Å². The van der Waals surface area contributed by atoms with E-state index in [4.69, 9.17) is 10.2 Å². The fourth-order valence-corrected chi connectivity index (χ4v) is 7.33. The average molecular weight is 672 g/mol. The van der Waals surface area contributed by atoms with E-state index in [0.29, 0.717) is 0 Å². The number of nitrogens with zero attached hydrogens (tertiary/aromatic N) is 5. The second-order valence-electron chi connectivity index (χ2n) is 13.1. The molecule has 5 heteroatoms. The number of rotatable bonds is 9. The smallest absolute Gasteiger partial charge is 0.168 e. The first-order valence-corrected chi connectivity index (χ1v) is 17.9. The molecule has 0 spiro atoms. The summed E-state index contributed by atoms with van der Waals surface area (Å²) < 4.78 is 4.52. The van der Waals surface area contributed by atoms with Crippen molar-refractivity contribution in [3.8, 4) is 34.2 Å². The molecule has 0 bridgehead atoms. The van der Waals surface area contributed by atoms with Gasteiger partial charge in [0, 0.05) is 50.3 Å². The maximum absolute atomic E-state index is 4.74. The van der Waals surface area contributed by atoms with Crippen molar-refractivity contribution in [1.82, 2.24) is 19.3 Å². The van der Waals surface area contributed by atoms with Gasteiger partial charge in [-0.05, 0) is 84.8 Å². The molecular weight excluding hydrogens is 635 g/mol. The van der Waals surface area contributed by atoms with Gasteiger partial charge in [0.1, 0.15) is 0 Å². The van der Waals surface area contributed by atoms with Gasteiger partial charge in [-0.25, -0.2) is 0 Å². The van der Waals surface area contributed by atoms with E-state index >= 15 is 0 Å². The van der Waals surface area contributed by atoms with E-state index in [0.717, 1.165) is 64.1 Å². The number of para-hydroxylation sites is 3. The first-order valence-electron chi connectivity index (χ1n) is 17.9. The number of hydrogen-bond acceptors (Lipinski definition) is 3. The Balaban J connectivity index is 1.12. The van der Waals surface area contributed by atoms with Crippen LogP contribution in [0.2, 0.25) is 0 Å². The Kier molecular flexibility index (Phi) is 8.14. The molecule has 0 fully saturated rings. The first kappa shape index (κ1) is 31.3. The van der Waals surface area contributed by atoms with Crippen LogP contribution < -0.4 is 4.90 Å². The van der Waals surface area contributed by atoms with Gasteiger partial charge in [-0.2, -0.15) is 0 Å². The van der Waals surface area contributed by atoms with Crippen LogP contribution in [0.15, 0.2) is 182 Å². The van der Waals surface area contributed by atoms with Crippen LogP contribution in [0.1, 0.15) is 18.9 Å². The first-order chi connectivity index (χ1) is 25.8. The van der Waals surface area contributed by atoms with Crippen LogP contribution >= 0.6 is 0 Å². The number of benzene rings is 7. The van der Waals surface area contributed by atoms with Gasteiger partial charge in [-0.15, -0.1) is 10.2 Å². The predicted octanol–water partition coefficient (Wildman–Crippen LogP) is 12.1. The molecule has 0 atom stereocenters. The summed E-state index contributed by atoms with van der Waals surface area (Å²) in [6.07, 6.45) is 2.18. The molecule has 0 N–H and O–H groups in total. The zero-order chi connectivity index (χ0) is 34.9. The third-order valence-electron chi connectivity index (χ3n) is 9.77. The van der Waals surface area contributed by atoms with Crippen molar-refractivity contribution in [2.75, 3.05) is 4.90 Å². The Morgan fingerprint density at radius 3 is 1.40 bits per heavy atom. The number of aromatic nitrogens is 4. The molecule has 7 aromatic carbocycles. The van der Waals surface area contributed by atoms with Gasteiger partial charge in [0.05, 0.1) is 11.0 Å². The molecule has 0 saturated heterocycles. The second-order valence-corrected chi connectivity index (χ2v) is 13.1. The SMILES string of the molecule is CCCc1ccc(-c2nnc(-c3ccccc3)n2-c2ccc(N(c3ccccc3)c3ccc(-n4c5ccccc5c5ccccc54)cc3)cc2)cc1. The fraction of sp³-hybridized carbons (Fsp3) is 0.0638. The van der Waals surface area contributed by atoms with Gasteiger partial charge in [-0.1, -0.05) is 123 Å². The Bertz CT molecular complexity index is 2550. The van der Waals surface area contributed by atoms with Crippen LogP contribution in [0.25, 0.3) is 56.0 Å². The monoisotopic (exact) mass is 671 g/mol. The normalized spacial score (nSPS) is 11.3. The summed E-state index contributed by atoms with van der Waals surface area (Å²) in [5.74, 6) is 1.62. The van der Waals surface area contributed by atoms with Gasteiger partial charge < -0.3 is 9.47 Å². The third-order valence-corrected chi connectivity index (χ3v) is 9.77. The minimum atomic E-state index is 0.807. The van der Waals surface area contributed by atoms with E-state index < -0.39 is 0 Å². The van der Waals surface area contributed by atoms with Crippen molar-refractivity contribution in [3.05, 3.63) is 188 Å². The number of hydrogen-bond donors (Lipinski definition) is 0. The molecule has 0 aliphatic heterocycles. The second kappa shape index (κ2) is 13.5. The highest BCUT2D eigenvalue weighted by Crippen LogP contribution is 2.38. The molecule has 9 aromatic rings. The molecule has 0 amide bonds. The van der Waals surface area contributed by atoms with Gasteiger partial charge in [0.15, 0.2) is 11.6 Å². The van der Waals surface area contributed by atoms with Gasteiger partial charge >= 0.3 is 0 Å². The topological polar surface area (TPSA) is 38.9 Å². The van der Waals surface area contributed by atoms with E-state index in [-0.39, 0.29) is 0 Å². The van der Waals surface area contributed by atoms with Gasteiger partial charge in [-0.3, -0.25) is 4.57 Å². The van der Waals surface area contributed by atoms with Crippen LogP contribution in [-0.2, 0) is 6.42 Å². The number of fused-ring (bicyclic) bond motifs is 3. The summed E-state index contributed by atoms with van der Waals surface area (Å²) in [6.45, 7) is 2.21. The molecule has 52 heavy (non-hydrogen) atoms. The van der Waals surface area contributed by atoms with E-state index in [2.05, 4.69) is 185 Å². The van der Waals surface area contributed by atoms with Crippen molar-refractivity contribution in [2.45, 2.75) is 19.8 Å². The van der Waals surface area contributed by atoms with Crippen molar-refractivity contribution in [3.63, 3.8) is 0 Å². The molecule has 0 unspecified atom stereocenters. The third kappa shape index (κ3) is 5.62. The Hall–Kier alpha value is -6.72. The molecule has 0 aliphatic rings. The minimum absolute atomic E-state index is 0.807. The lowest BCUT2D eigenvalue weighted by atomic mass is 10.1. The highest BCUT2D eigenvalue weighted by atomic mass is 15.3. The summed E-state index contributed by atoms with van der Waals surface area (Å²) >= 11 is 0. The zero-order valence-corrected chi connectivity index (χ0v) is 29.0. The van der Waals surface area contributed by atoms with Crippen molar-refractivity contribution in [2.24, 2.45) is 0 Å². The average Bonchev–Trinajstić information content (AvgIpc) is 3.80. The molecule has 9 rings (SSSR count). The standard InChI is InChI=1S/C47H37N5/c1-2-13-34-22-24-36(25-23-34)47-49-48-46(35-14-5-3-6-15-35)52(47)41-32-28-39(29-33-41)50(37-16-7-4-8-17-37)38-26-30-40(31-27-38)51-44-20-11-9-18-42(44)43-19-10-12-21-45(43)51/h3-12,14-33H,2,13H2,1H3. The highest BCUT2D eigenvalue weighted by molar-refractivity contribution is 6.09. The van der Waals surface area contributed by atoms with Crippen LogP contribution in [0, 0.1) is 0 Å². The lowest BCUT2D eigenvalue weighted by molar-refractivity contribution is 0.922. The summed E-state index contributed by atoms with van der Waals surface area (Å²) in [4.78, 5) is 2.30. The zero-order valence-electron chi connectivity index (χ0n) is 29.0. The largest absolute Gasteiger partial charge is 0.311 e. The maximum atomic E-state index is 4.74. The lowest BCUT2D eigenvalue weighted by Crippen LogP contribution is -2.10. The molecule has 5 nitrogen and oxygen atoms in total. The van der Waals surface area contributed by atoms with E-state index in [1.54, 1.807) is 0 Å². The van der Waals surface area contributed by atoms with E-state index in [1.807, 2.05) is 18.2 Å². The van der Waals surface area contributed by atoms with Gasteiger partial charge in [0.2, 0.25) is 0 Å². The summed E-state index contributed by atoms with van der Waals surface area (Å²) in [6, 6.07) is 64.4. The van der Waals surface area contributed by atoms with Crippen molar-refractivity contribution >= 4 is 38.9 Å². The predicted molar refractivity (Wildman–Crippen MR) is 215 cm³/mol. The molecule has 0 aliphatic carbocycles. The van der Waals surface area contributed by atoms with Crippen LogP contribution in [-0.4, -0.2) is 19.3 Å². The molecule has 0 radical (unpaired) electrons. The van der Waals surface area contributed by atoms with Crippen LogP contribution in [0.4, 0.5) is 17.1 Å². The maximum Gasteiger partial charge on any atom is 0.168 e. The Morgan fingerprint density at radius 2 is 0.865 bits per heavy atom. The van der Waals surface area contributed by atoms with Crippen LogP contribution in [0.5, 0.6) is 0 Å². The van der Waals surface area contributed by atoms with E-state index in [1.165, 1.54) is 27.4 Å². The fourth-order valence-electron chi connectivity index (χ4n) is 7.33. The summed E-state index contributed by atoms with van der Waals surface area (Å²) in [5, 5.41) is 12.0.